The lowest BCUT2D eigenvalue weighted by Crippen LogP contribution is -2.12. The molecule has 0 aliphatic carbocycles. The first-order valence-corrected chi connectivity index (χ1v) is 7.18. The Hall–Kier alpha value is -1.69. The van der Waals surface area contributed by atoms with E-state index in [2.05, 4.69) is 33.3 Å². The molecule has 0 radical (unpaired) electrons. The quantitative estimate of drug-likeness (QED) is 0.910. The Labute approximate surface area is 117 Å². The highest BCUT2D eigenvalue weighted by molar-refractivity contribution is 7.10. The molecule has 0 aromatic carbocycles. The largest absolute Gasteiger partial charge is 0.461 e. The average Bonchev–Trinajstić information content (AvgIpc) is 2.75. The summed E-state index contributed by atoms with van der Waals surface area (Å²) in [4.78, 5) is 14.2. The fraction of sp³-hybridized carbons (Fsp3) is 0.462. The number of nitrogens with one attached hydrogen (secondary N) is 1. The number of ether oxygens (including phenoxy) is 1. The van der Waals surface area contributed by atoms with Crippen LogP contribution in [0.2, 0.25) is 0 Å². The summed E-state index contributed by atoms with van der Waals surface area (Å²) in [5, 5.41) is 5.14. The van der Waals surface area contributed by atoms with E-state index in [9.17, 15) is 0 Å². The third-order valence-corrected chi connectivity index (χ3v) is 3.14. The van der Waals surface area contributed by atoms with Gasteiger partial charge in [0.25, 0.3) is 0 Å². The summed E-state index contributed by atoms with van der Waals surface area (Å²) in [6.07, 6.45) is 0.0361. The zero-order valence-corrected chi connectivity index (χ0v) is 12.4. The van der Waals surface area contributed by atoms with Crippen molar-refractivity contribution in [3.05, 3.63) is 16.3 Å². The molecule has 5 nitrogen and oxygen atoms in total. The maximum absolute atomic E-state index is 5.57. The molecule has 0 aliphatic rings. The zero-order chi connectivity index (χ0) is 13.8. The van der Waals surface area contributed by atoms with Gasteiger partial charge in [-0.15, -0.1) is 11.3 Å². The molecule has 0 saturated carbocycles. The second-order valence-corrected chi connectivity index (χ2v) is 5.52. The Morgan fingerprint density at radius 2 is 2.11 bits per heavy atom. The lowest BCUT2D eigenvalue weighted by molar-refractivity contribution is 0.222. The molecular weight excluding hydrogens is 260 g/mol. The monoisotopic (exact) mass is 278 g/mol. The molecule has 2 rings (SSSR count). The van der Waals surface area contributed by atoms with E-state index in [1.54, 1.807) is 11.3 Å². The first kappa shape index (κ1) is 13.7. The number of rotatable bonds is 5. The Kier molecular flexibility index (Phi) is 4.31. The SMILES string of the molecule is CCNc1nc(OC(C)C)nc(-c2csc(C)c2)n1. The Morgan fingerprint density at radius 3 is 2.68 bits per heavy atom. The minimum atomic E-state index is 0.0361. The summed E-state index contributed by atoms with van der Waals surface area (Å²) in [5.74, 6) is 1.19. The predicted octanol–water partition coefficient (Wildman–Crippen LogP) is 3.13. The van der Waals surface area contributed by atoms with Crippen LogP contribution in [0.3, 0.4) is 0 Å². The van der Waals surface area contributed by atoms with Crippen LogP contribution in [0.5, 0.6) is 6.01 Å². The zero-order valence-electron chi connectivity index (χ0n) is 11.6. The Bertz CT molecular complexity index is 553. The first-order valence-electron chi connectivity index (χ1n) is 6.30. The lowest BCUT2D eigenvalue weighted by atomic mass is 10.3. The fourth-order valence-corrected chi connectivity index (χ4v) is 2.23. The molecule has 0 unspecified atom stereocenters. The lowest BCUT2D eigenvalue weighted by Gasteiger charge is -2.10. The summed E-state index contributed by atoms with van der Waals surface area (Å²) in [6.45, 7) is 8.72. The predicted molar refractivity (Wildman–Crippen MR) is 77.8 cm³/mol. The van der Waals surface area contributed by atoms with Gasteiger partial charge in [-0.3, -0.25) is 0 Å². The van der Waals surface area contributed by atoms with Crippen molar-refractivity contribution in [1.82, 2.24) is 15.0 Å². The highest BCUT2D eigenvalue weighted by Gasteiger charge is 2.11. The van der Waals surface area contributed by atoms with Crippen molar-refractivity contribution in [2.24, 2.45) is 0 Å². The first-order chi connectivity index (χ1) is 9.08. The van der Waals surface area contributed by atoms with E-state index in [1.807, 2.05) is 26.2 Å². The van der Waals surface area contributed by atoms with Gasteiger partial charge in [0, 0.05) is 22.4 Å². The molecule has 2 aromatic rings. The van der Waals surface area contributed by atoms with E-state index in [0.717, 1.165) is 12.1 Å². The summed E-state index contributed by atoms with van der Waals surface area (Å²) < 4.78 is 5.57. The van der Waals surface area contributed by atoms with Gasteiger partial charge in [-0.25, -0.2) is 0 Å². The van der Waals surface area contributed by atoms with Gasteiger partial charge in [-0.1, -0.05) is 0 Å². The van der Waals surface area contributed by atoms with Gasteiger partial charge in [0.2, 0.25) is 5.95 Å². The van der Waals surface area contributed by atoms with Crippen LogP contribution in [0.4, 0.5) is 5.95 Å². The number of anilines is 1. The van der Waals surface area contributed by atoms with Crippen LogP contribution in [0, 0.1) is 6.92 Å². The highest BCUT2D eigenvalue weighted by atomic mass is 32.1. The number of aryl methyl sites for hydroxylation is 1. The smallest absolute Gasteiger partial charge is 0.322 e. The van der Waals surface area contributed by atoms with Crippen LogP contribution in [-0.4, -0.2) is 27.6 Å². The maximum Gasteiger partial charge on any atom is 0.322 e. The van der Waals surface area contributed by atoms with Crippen LogP contribution >= 0.6 is 11.3 Å². The van der Waals surface area contributed by atoms with Crippen LogP contribution < -0.4 is 10.1 Å². The second-order valence-electron chi connectivity index (χ2n) is 4.41. The van der Waals surface area contributed by atoms with Gasteiger partial charge < -0.3 is 10.1 Å². The summed E-state index contributed by atoms with van der Waals surface area (Å²) in [5.41, 5.74) is 0.998. The van der Waals surface area contributed by atoms with Crippen molar-refractivity contribution in [2.75, 3.05) is 11.9 Å². The Balaban J connectivity index is 2.38. The van der Waals surface area contributed by atoms with E-state index in [4.69, 9.17) is 4.74 Å². The summed E-state index contributed by atoms with van der Waals surface area (Å²) in [7, 11) is 0. The maximum atomic E-state index is 5.57. The van der Waals surface area contributed by atoms with Gasteiger partial charge in [0.15, 0.2) is 5.82 Å². The summed E-state index contributed by atoms with van der Waals surface area (Å²) >= 11 is 1.68. The van der Waals surface area contributed by atoms with Crippen LogP contribution in [0.15, 0.2) is 11.4 Å². The van der Waals surface area contributed by atoms with Gasteiger partial charge in [-0.05, 0) is 33.8 Å². The second kappa shape index (κ2) is 5.97. The van der Waals surface area contributed by atoms with Crippen LogP contribution in [0.25, 0.3) is 11.4 Å². The number of thiophene rings is 1. The van der Waals surface area contributed by atoms with Crippen molar-refractivity contribution in [2.45, 2.75) is 33.8 Å². The summed E-state index contributed by atoms with van der Waals surface area (Å²) in [6, 6.07) is 2.43. The van der Waals surface area contributed by atoms with Crippen molar-refractivity contribution in [3.63, 3.8) is 0 Å². The number of nitrogens with zero attached hydrogens (tertiary/aromatic N) is 3. The number of aromatic nitrogens is 3. The fourth-order valence-electron chi connectivity index (χ4n) is 1.55. The topological polar surface area (TPSA) is 59.9 Å². The minimum Gasteiger partial charge on any atom is -0.461 e. The molecule has 19 heavy (non-hydrogen) atoms. The van der Waals surface area contributed by atoms with Crippen molar-refractivity contribution in [1.29, 1.82) is 0 Å². The van der Waals surface area contributed by atoms with E-state index in [-0.39, 0.29) is 6.10 Å². The third kappa shape index (κ3) is 3.64. The normalized spacial score (nSPS) is 10.8. The number of hydrogen-bond acceptors (Lipinski definition) is 6. The van der Waals surface area contributed by atoms with Gasteiger partial charge >= 0.3 is 6.01 Å². The molecule has 102 valence electrons. The number of hydrogen-bond donors (Lipinski definition) is 1. The minimum absolute atomic E-state index is 0.0361. The average molecular weight is 278 g/mol. The van der Waals surface area contributed by atoms with E-state index < -0.39 is 0 Å². The molecule has 1 N–H and O–H groups in total. The molecule has 0 spiro atoms. The molecule has 2 aromatic heterocycles. The molecule has 0 bridgehead atoms. The molecule has 6 heteroatoms. The van der Waals surface area contributed by atoms with E-state index >= 15 is 0 Å². The third-order valence-electron chi connectivity index (χ3n) is 2.28. The van der Waals surface area contributed by atoms with Gasteiger partial charge in [0.1, 0.15) is 0 Å². The molecular formula is C13H18N4OS. The molecule has 0 atom stereocenters. The van der Waals surface area contributed by atoms with Crippen molar-refractivity contribution >= 4 is 17.3 Å². The van der Waals surface area contributed by atoms with Gasteiger partial charge in [0.05, 0.1) is 6.10 Å². The van der Waals surface area contributed by atoms with Crippen molar-refractivity contribution in [3.8, 4) is 17.4 Å². The molecule has 0 aliphatic heterocycles. The van der Waals surface area contributed by atoms with Crippen LogP contribution in [0.1, 0.15) is 25.6 Å². The standard InChI is InChI=1S/C13H18N4OS/c1-5-14-12-15-11(10-6-9(4)19-7-10)16-13(17-12)18-8(2)3/h6-8H,5H2,1-4H3,(H,14,15,16,17). The molecule has 2 heterocycles. The van der Waals surface area contributed by atoms with Crippen LogP contribution in [-0.2, 0) is 0 Å². The van der Waals surface area contributed by atoms with Gasteiger partial charge in [-0.2, -0.15) is 15.0 Å². The van der Waals surface area contributed by atoms with E-state index in [1.165, 1.54) is 4.88 Å². The highest BCUT2D eigenvalue weighted by Crippen LogP contribution is 2.24. The van der Waals surface area contributed by atoms with Crippen molar-refractivity contribution < 1.29 is 4.74 Å². The Morgan fingerprint density at radius 1 is 1.32 bits per heavy atom. The molecule has 0 fully saturated rings. The van der Waals surface area contributed by atoms with E-state index in [0.29, 0.717) is 17.8 Å². The molecule has 0 amide bonds. The molecule has 0 saturated heterocycles.